The fraction of sp³-hybridized carbons (Fsp3) is 0.448. The van der Waals surface area contributed by atoms with E-state index in [0.29, 0.717) is 44.0 Å². The molecule has 212 valence electrons. The number of halogens is 1. The molecule has 2 heterocycles. The Labute approximate surface area is 231 Å². The second kappa shape index (κ2) is 11.2. The second-order valence-electron chi connectivity index (χ2n) is 11.0. The Morgan fingerprint density at radius 3 is 2.48 bits per heavy atom. The number of hydrogen-bond donors (Lipinski definition) is 3. The van der Waals surface area contributed by atoms with Crippen LogP contribution in [-0.2, 0) is 13.1 Å². The van der Waals surface area contributed by atoms with Crippen LogP contribution in [0.3, 0.4) is 0 Å². The largest absolute Gasteiger partial charge is 0.348 e. The number of nitrogens with zero attached hydrogens (tertiary/aromatic N) is 3. The van der Waals surface area contributed by atoms with Gasteiger partial charge in [0.1, 0.15) is 5.82 Å². The minimum absolute atomic E-state index is 0.132. The number of fused-ring (bicyclic) bond motifs is 1. The molecule has 1 atom stereocenters. The van der Waals surface area contributed by atoms with Gasteiger partial charge in [-0.05, 0) is 69.2 Å². The van der Waals surface area contributed by atoms with Crippen molar-refractivity contribution < 1.29 is 14.0 Å². The molecule has 1 aliphatic carbocycles. The molecule has 3 aromatic rings. The molecule has 5 rings (SSSR count). The summed E-state index contributed by atoms with van der Waals surface area (Å²) in [5, 5.41) is 5.75. The fourth-order valence-corrected chi connectivity index (χ4v) is 5.25. The summed E-state index contributed by atoms with van der Waals surface area (Å²) in [5.41, 5.74) is 6.18. The van der Waals surface area contributed by atoms with E-state index in [1.54, 1.807) is 38.1 Å². The van der Waals surface area contributed by atoms with E-state index in [1.165, 1.54) is 20.1 Å². The van der Waals surface area contributed by atoms with Gasteiger partial charge in [-0.15, -0.1) is 0 Å². The van der Waals surface area contributed by atoms with Gasteiger partial charge < -0.3 is 21.3 Å². The summed E-state index contributed by atoms with van der Waals surface area (Å²) in [4.78, 5) is 53.8. The molecule has 0 bridgehead atoms. The molecule has 0 unspecified atom stereocenters. The van der Waals surface area contributed by atoms with Gasteiger partial charge in [0.2, 0.25) is 0 Å². The number of urea groups is 1. The first-order chi connectivity index (χ1) is 19.2. The van der Waals surface area contributed by atoms with E-state index in [4.69, 9.17) is 5.73 Å². The monoisotopic (exact) mass is 550 g/mol. The molecule has 11 heteroatoms. The standard InChI is InChI=1S/C29H35FN6O4/c1-17(2)36-25-13-23(30)24(12-22(25)27(38)35(29(36)40)15-19-5-6-19)33-28(39)34-11-3-4-21(16-34)32-26(37)20-9-7-18(14-31)8-10-20/h7-10,12-13,17,19,21H,3-6,11,14-16,31H2,1-2H3,(H,32,37)(H,33,39)/t21-/m1/s1. The van der Waals surface area contributed by atoms with E-state index in [-0.39, 0.29) is 41.1 Å². The quantitative estimate of drug-likeness (QED) is 0.416. The maximum absolute atomic E-state index is 15.2. The lowest BCUT2D eigenvalue weighted by Gasteiger charge is -2.33. The number of likely N-dealkylation sites (tertiary alicyclic amines) is 1. The molecule has 10 nitrogen and oxygen atoms in total. The molecule has 0 radical (unpaired) electrons. The molecule has 4 N–H and O–H groups in total. The van der Waals surface area contributed by atoms with Crippen LogP contribution in [0, 0.1) is 11.7 Å². The highest BCUT2D eigenvalue weighted by Gasteiger charge is 2.28. The molecule has 2 fully saturated rings. The first-order valence-electron chi connectivity index (χ1n) is 13.8. The van der Waals surface area contributed by atoms with Crippen molar-refractivity contribution in [3.63, 3.8) is 0 Å². The van der Waals surface area contributed by atoms with Crippen LogP contribution >= 0.6 is 0 Å². The van der Waals surface area contributed by atoms with Gasteiger partial charge in [0, 0.05) is 49.9 Å². The van der Waals surface area contributed by atoms with Gasteiger partial charge >= 0.3 is 11.7 Å². The molecule has 1 saturated carbocycles. The van der Waals surface area contributed by atoms with E-state index < -0.39 is 23.1 Å². The van der Waals surface area contributed by atoms with E-state index in [9.17, 15) is 19.2 Å². The van der Waals surface area contributed by atoms with Crippen LogP contribution < -0.4 is 27.6 Å². The first kappa shape index (κ1) is 27.6. The minimum atomic E-state index is -0.739. The topological polar surface area (TPSA) is 131 Å². The highest BCUT2D eigenvalue weighted by molar-refractivity contribution is 5.95. The van der Waals surface area contributed by atoms with Crippen LogP contribution in [0.15, 0.2) is 46.0 Å². The van der Waals surface area contributed by atoms with Crippen molar-refractivity contribution in [3.8, 4) is 0 Å². The lowest BCUT2D eigenvalue weighted by molar-refractivity contribution is 0.0913. The Morgan fingerprint density at radius 2 is 1.82 bits per heavy atom. The molecule has 2 aromatic carbocycles. The third-order valence-corrected chi connectivity index (χ3v) is 7.65. The van der Waals surface area contributed by atoms with Crippen molar-refractivity contribution in [2.45, 2.75) is 64.7 Å². The van der Waals surface area contributed by atoms with Crippen molar-refractivity contribution in [3.05, 3.63) is 74.2 Å². The zero-order chi connectivity index (χ0) is 28.6. The Hall–Kier alpha value is -3.99. The maximum Gasteiger partial charge on any atom is 0.331 e. The normalized spacial score (nSPS) is 17.3. The first-order valence-corrected chi connectivity index (χ1v) is 13.8. The number of hydrogen-bond acceptors (Lipinski definition) is 5. The van der Waals surface area contributed by atoms with Crippen molar-refractivity contribution in [1.82, 2.24) is 19.4 Å². The van der Waals surface area contributed by atoms with Gasteiger partial charge in [0.05, 0.1) is 16.6 Å². The van der Waals surface area contributed by atoms with Crippen LogP contribution in [0.5, 0.6) is 0 Å². The van der Waals surface area contributed by atoms with Crippen molar-refractivity contribution in [2.75, 3.05) is 18.4 Å². The van der Waals surface area contributed by atoms with E-state index >= 15 is 4.39 Å². The summed E-state index contributed by atoms with van der Waals surface area (Å²) < 4.78 is 17.9. The molecule has 40 heavy (non-hydrogen) atoms. The van der Waals surface area contributed by atoms with Crippen LogP contribution in [0.2, 0.25) is 0 Å². The number of rotatable bonds is 7. The maximum atomic E-state index is 15.2. The predicted octanol–water partition coefficient (Wildman–Crippen LogP) is 3.18. The summed E-state index contributed by atoms with van der Waals surface area (Å²) in [5.74, 6) is -0.687. The molecule has 3 amide bonds. The summed E-state index contributed by atoms with van der Waals surface area (Å²) in [6, 6.07) is 8.41. The zero-order valence-electron chi connectivity index (χ0n) is 22.8. The summed E-state index contributed by atoms with van der Waals surface area (Å²) in [6.07, 6.45) is 3.30. The van der Waals surface area contributed by atoms with Crippen molar-refractivity contribution >= 4 is 28.5 Å². The van der Waals surface area contributed by atoms with Gasteiger partial charge in [-0.25, -0.2) is 14.0 Å². The molecule has 1 aliphatic heterocycles. The van der Waals surface area contributed by atoms with E-state index in [1.807, 2.05) is 0 Å². The number of amides is 3. The van der Waals surface area contributed by atoms with Crippen LogP contribution in [0.1, 0.15) is 61.5 Å². The predicted molar refractivity (Wildman–Crippen MR) is 151 cm³/mol. The SMILES string of the molecule is CC(C)n1c(=O)n(CC2CC2)c(=O)c2cc(NC(=O)N3CCC[C@@H](NC(=O)c4ccc(CN)cc4)C3)c(F)cc21. The lowest BCUT2D eigenvalue weighted by Crippen LogP contribution is -2.50. The number of nitrogens with two attached hydrogens (primary N) is 1. The summed E-state index contributed by atoms with van der Waals surface area (Å²) in [6.45, 7) is 5.04. The number of carbonyl (C=O) groups is 2. The van der Waals surface area contributed by atoms with E-state index in [2.05, 4.69) is 10.6 Å². The van der Waals surface area contributed by atoms with Gasteiger partial charge in [0.15, 0.2) is 0 Å². The highest BCUT2D eigenvalue weighted by atomic mass is 19.1. The smallest absolute Gasteiger partial charge is 0.331 e. The fourth-order valence-electron chi connectivity index (χ4n) is 5.25. The third kappa shape index (κ3) is 5.65. The second-order valence-corrected chi connectivity index (χ2v) is 11.0. The number of benzene rings is 2. The summed E-state index contributed by atoms with van der Waals surface area (Å²) in [7, 11) is 0. The van der Waals surface area contributed by atoms with Crippen LogP contribution in [0.25, 0.3) is 10.9 Å². The molecule has 1 aromatic heterocycles. The molecular weight excluding hydrogens is 515 g/mol. The van der Waals surface area contributed by atoms with Crippen molar-refractivity contribution in [2.24, 2.45) is 11.7 Å². The minimum Gasteiger partial charge on any atom is -0.348 e. The average molecular weight is 551 g/mol. The lowest BCUT2D eigenvalue weighted by atomic mass is 10.0. The Morgan fingerprint density at radius 1 is 1.10 bits per heavy atom. The summed E-state index contributed by atoms with van der Waals surface area (Å²) >= 11 is 0. The van der Waals surface area contributed by atoms with Gasteiger partial charge in [-0.3, -0.25) is 18.7 Å². The van der Waals surface area contributed by atoms with Gasteiger partial charge in [-0.2, -0.15) is 0 Å². The molecular formula is C29H35FN6O4. The molecule has 0 spiro atoms. The third-order valence-electron chi connectivity index (χ3n) is 7.65. The number of anilines is 1. The highest BCUT2D eigenvalue weighted by Crippen LogP contribution is 2.30. The number of carbonyl (C=O) groups excluding carboxylic acids is 2. The average Bonchev–Trinajstić information content (AvgIpc) is 3.76. The van der Waals surface area contributed by atoms with Crippen LogP contribution in [0.4, 0.5) is 14.9 Å². The molecule has 1 saturated heterocycles. The van der Waals surface area contributed by atoms with Crippen molar-refractivity contribution in [1.29, 1.82) is 0 Å². The number of aromatic nitrogens is 2. The Balaban J connectivity index is 1.34. The van der Waals surface area contributed by atoms with Gasteiger partial charge in [-0.1, -0.05) is 12.1 Å². The number of nitrogens with one attached hydrogen (secondary N) is 2. The number of piperidine rings is 1. The molecule has 2 aliphatic rings. The zero-order valence-corrected chi connectivity index (χ0v) is 22.8. The Bertz CT molecular complexity index is 1560. The van der Waals surface area contributed by atoms with E-state index in [0.717, 1.165) is 24.5 Å². The van der Waals surface area contributed by atoms with Crippen LogP contribution in [-0.4, -0.2) is 45.1 Å². The van der Waals surface area contributed by atoms with Gasteiger partial charge in [0.25, 0.3) is 11.5 Å². The Kier molecular flexibility index (Phi) is 7.75.